The molecule has 1 amide bonds. The number of benzene rings is 2. The largest absolute Gasteiger partial charge is 0.507 e. The van der Waals surface area contributed by atoms with Gasteiger partial charge in [0.05, 0.1) is 11.1 Å². The van der Waals surface area contributed by atoms with Gasteiger partial charge >= 0.3 is 0 Å². The predicted molar refractivity (Wildman–Crippen MR) is 120 cm³/mol. The lowest BCUT2D eigenvalue weighted by molar-refractivity contribution is -0.0432. The quantitative estimate of drug-likeness (QED) is 0.598. The number of amides is 1. The fourth-order valence-corrected chi connectivity index (χ4v) is 4.59. The molecule has 1 unspecified atom stereocenters. The first kappa shape index (κ1) is 20.4. The lowest BCUT2D eigenvalue weighted by Gasteiger charge is -2.19. The number of fused-ring (bicyclic) bond motifs is 1. The number of carbonyl (C=O) groups excluding carboxylic acids is 1. The Kier molecular flexibility index (Phi) is 5.47. The van der Waals surface area contributed by atoms with Crippen molar-refractivity contribution >= 4 is 16.8 Å². The Bertz CT molecular complexity index is 1150. The van der Waals surface area contributed by atoms with Crippen molar-refractivity contribution in [2.45, 2.75) is 44.8 Å². The summed E-state index contributed by atoms with van der Waals surface area (Å²) in [5.74, 6) is 0.486. The van der Waals surface area contributed by atoms with Gasteiger partial charge in [0, 0.05) is 30.6 Å². The third-order valence-electron chi connectivity index (χ3n) is 6.40. The molecule has 1 atom stereocenters. The minimum Gasteiger partial charge on any atom is -0.507 e. The zero-order valence-electron chi connectivity index (χ0n) is 18.1. The number of aromatic amines is 1. The Labute approximate surface area is 186 Å². The third-order valence-corrected chi connectivity index (χ3v) is 6.40. The van der Waals surface area contributed by atoms with Gasteiger partial charge in [0.1, 0.15) is 12.0 Å². The number of rotatable bonds is 6. The van der Waals surface area contributed by atoms with Gasteiger partial charge < -0.3 is 14.6 Å². The summed E-state index contributed by atoms with van der Waals surface area (Å²) in [7, 11) is 1.61. The van der Waals surface area contributed by atoms with E-state index in [4.69, 9.17) is 9.47 Å². The Morgan fingerprint density at radius 2 is 1.97 bits per heavy atom. The molecule has 1 aliphatic heterocycles. The topological polar surface area (TPSA) is 87.7 Å². The molecular weight excluding hydrogens is 406 g/mol. The maximum absolute atomic E-state index is 13.2. The summed E-state index contributed by atoms with van der Waals surface area (Å²) in [5, 5.41) is 18.8. The molecular formula is C25H27N3O4. The molecule has 1 aliphatic carbocycles. The molecule has 0 saturated heterocycles. The normalized spacial score (nSPS) is 18.4. The van der Waals surface area contributed by atoms with Crippen LogP contribution in [0.25, 0.3) is 10.9 Å². The fourth-order valence-electron chi connectivity index (χ4n) is 4.59. The van der Waals surface area contributed by atoms with Crippen molar-refractivity contribution in [1.29, 1.82) is 0 Å². The van der Waals surface area contributed by atoms with E-state index in [1.165, 1.54) is 36.8 Å². The average Bonchev–Trinajstić information content (AvgIpc) is 3.56. The summed E-state index contributed by atoms with van der Waals surface area (Å²) < 4.78 is 11.4. The number of hydrogen-bond donors (Lipinski definition) is 2. The molecule has 3 aromatic rings. The second-order valence-electron chi connectivity index (χ2n) is 8.64. The zero-order valence-corrected chi connectivity index (χ0v) is 18.1. The van der Waals surface area contributed by atoms with Crippen LogP contribution in [0.2, 0.25) is 0 Å². The van der Waals surface area contributed by atoms with E-state index in [0.29, 0.717) is 23.7 Å². The van der Waals surface area contributed by atoms with E-state index in [-0.39, 0.29) is 17.2 Å². The van der Waals surface area contributed by atoms with Crippen LogP contribution in [0, 0.1) is 5.92 Å². The highest BCUT2D eigenvalue weighted by Crippen LogP contribution is 2.33. The number of phenols is 1. The van der Waals surface area contributed by atoms with Crippen molar-refractivity contribution in [3.8, 4) is 5.75 Å². The zero-order chi connectivity index (χ0) is 22.1. The highest BCUT2D eigenvalue weighted by atomic mass is 16.7. The number of carbonyl (C=O) groups is 1. The van der Waals surface area contributed by atoms with Gasteiger partial charge in [-0.1, -0.05) is 56.0 Å². The van der Waals surface area contributed by atoms with Gasteiger partial charge in [0.2, 0.25) is 12.2 Å². The lowest BCUT2D eigenvalue weighted by Crippen LogP contribution is -2.27. The van der Waals surface area contributed by atoms with Gasteiger partial charge in [-0.25, -0.2) is 0 Å². The summed E-state index contributed by atoms with van der Waals surface area (Å²) in [6.07, 6.45) is 7.43. The summed E-state index contributed by atoms with van der Waals surface area (Å²) in [6.45, 7) is 0. The molecule has 1 fully saturated rings. The molecule has 7 nitrogen and oxygen atoms in total. The van der Waals surface area contributed by atoms with Crippen LogP contribution in [0.5, 0.6) is 5.75 Å². The van der Waals surface area contributed by atoms with Crippen molar-refractivity contribution in [3.05, 3.63) is 71.4 Å². The predicted octanol–water partition coefficient (Wildman–Crippen LogP) is 4.49. The van der Waals surface area contributed by atoms with Crippen LogP contribution in [0.3, 0.4) is 0 Å². The van der Waals surface area contributed by atoms with Gasteiger partial charge in [-0.15, -0.1) is 0 Å². The van der Waals surface area contributed by atoms with Gasteiger partial charge in [-0.2, -0.15) is 5.10 Å². The SMILES string of the molecule is CN(C(=O)c1cc2c(CC3CCCC3)[nH]nc2cc1O)C1=COC(Cc2ccccc2)O1. The summed E-state index contributed by atoms with van der Waals surface area (Å²) in [4.78, 5) is 14.6. The number of phenolic OH excluding ortho intramolecular Hbond substituents is 1. The first-order chi connectivity index (χ1) is 15.6. The molecule has 166 valence electrons. The Morgan fingerprint density at radius 1 is 1.19 bits per heavy atom. The van der Waals surface area contributed by atoms with Gasteiger partial charge in [-0.3, -0.25) is 14.8 Å². The van der Waals surface area contributed by atoms with Gasteiger partial charge in [-0.05, 0) is 24.0 Å². The number of H-pyrrole nitrogens is 1. The van der Waals surface area contributed by atoms with Crippen LogP contribution in [0.15, 0.2) is 54.6 Å². The van der Waals surface area contributed by atoms with E-state index < -0.39 is 6.29 Å². The average molecular weight is 434 g/mol. The molecule has 2 aromatic carbocycles. The molecule has 7 heteroatoms. The third kappa shape index (κ3) is 4.02. The second kappa shape index (κ2) is 8.57. The minimum atomic E-state index is -0.495. The number of hydrogen-bond acceptors (Lipinski definition) is 5. The van der Waals surface area contributed by atoms with Gasteiger partial charge in [0.15, 0.2) is 0 Å². The standard InChI is InChI=1S/C25H27N3O4/c1-28(23-15-31-24(32-23)12-17-7-3-2-4-8-17)25(30)19-13-18-20(11-16-9-5-6-10-16)26-27-21(18)14-22(19)29/h2-4,7-8,13-16,24,29H,5-6,9-12H2,1H3,(H,26,27). The molecule has 0 radical (unpaired) electrons. The lowest BCUT2D eigenvalue weighted by atomic mass is 9.99. The van der Waals surface area contributed by atoms with Crippen molar-refractivity contribution < 1.29 is 19.4 Å². The van der Waals surface area contributed by atoms with E-state index in [1.807, 2.05) is 30.3 Å². The van der Waals surface area contributed by atoms with Crippen LogP contribution in [-0.2, 0) is 22.3 Å². The number of nitrogens with one attached hydrogen (secondary N) is 1. The first-order valence-electron chi connectivity index (χ1n) is 11.1. The maximum atomic E-state index is 13.2. The van der Waals surface area contributed by atoms with Gasteiger partial charge in [0.25, 0.3) is 5.91 Å². The summed E-state index contributed by atoms with van der Waals surface area (Å²) in [6, 6.07) is 13.2. The first-order valence-corrected chi connectivity index (χ1v) is 11.1. The fraction of sp³-hybridized carbons (Fsp3) is 0.360. The highest BCUT2D eigenvalue weighted by Gasteiger charge is 2.28. The smallest absolute Gasteiger partial charge is 0.264 e. The second-order valence-corrected chi connectivity index (χ2v) is 8.64. The molecule has 2 heterocycles. The van der Waals surface area contributed by atoms with E-state index in [1.54, 1.807) is 19.2 Å². The van der Waals surface area contributed by atoms with Crippen molar-refractivity contribution in [2.24, 2.45) is 5.92 Å². The van der Waals surface area contributed by atoms with E-state index in [9.17, 15) is 9.90 Å². The molecule has 1 aromatic heterocycles. The Hall–Kier alpha value is -3.48. The molecule has 32 heavy (non-hydrogen) atoms. The molecule has 0 bridgehead atoms. The number of aromatic nitrogens is 2. The maximum Gasteiger partial charge on any atom is 0.264 e. The molecule has 0 spiro atoms. The van der Waals surface area contributed by atoms with Crippen molar-refractivity contribution in [2.75, 3.05) is 7.05 Å². The van der Waals surface area contributed by atoms with Crippen LogP contribution in [0.4, 0.5) is 0 Å². The van der Waals surface area contributed by atoms with E-state index in [0.717, 1.165) is 23.1 Å². The van der Waals surface area contributed by atoms with Crippen LogP contribution in [0.1, 0.15) is 47.3 Å². The van der Waals surface area contributed by atoms with Crippen LogP contribution in [-0.4, -0.2) is 39.4 Å². The number of ether oxygens (including phenoxy) is 2. The molecule has 2 aliphatic rings. The van der Waals surface area contributed by atoms with Crippen LogP contribution >= 0.6 is 0 Å². The molecule has 1 saturated carbocycles. The van der Waals surface area contributed by atoms with Crippen molar-refractivity contribution in [3.63, 3.8) is 0 Å². The summed E-state index contributed by atoms with van der Waals surface area (Å²) in [5.41, 5.74) is 2.98. The van der Waals surface area contributed by atoms with E-state index in [2.05, 4.69) is 10.2 Å². The number of aromatic hydroxyl groups is 1. The monoisotopic (exact) mass is 433 g/mol. The van der Waals surface area contributed by atoms with Crippen molar-refractivity contribution in [1.82, 2.24) is 15.1 Å². The Balaban J connectivity index is 1.32. The van der Waals surface area contributed by atoms with Crippen LogP contribution < -0.4 is 0 Å². The summed E-state index contributed by atoms with van der Waals surface area (Å²) >= 11 is 0. The minimum absolute atomic E-state index is 0.103. The molecule has 5 rings (SSSR count). The van der Waals surface area contributed by atoms with E-state index >= 15 is 0 Å². The highest BCUT2D eigenvalue weighted by molar-refractivity contribution is 6.01. The molecule has 2 N–H and O–H groups in total. The number of nitrogens with zero attached hydrogens (tertiary/aromatic N) is 2. The Morgan fingerprint density at radius 3 is 2.75 bits per heavy atom.